The summed E-state index contributed by atoms with van der Waals surface area (Å²) in [5.74, 6) is 0.226. The Labute approximate surface area is 213 Å². The Balaban J connectivity index is 1.48. The molecule has 0 saturated carbocycles. The van der Waals surface area contributed by atoms with Gasteiger partial charge in [0.05, 0.1) is 12.6 Å². The first-order chi connectivity index (χ1) is 16.8. The maximum atomic E-state index is 13.1. The van der Waals surface area contributed by atoms with E-state index < -0.39 is 17.9 Å². The van der Waals surface area contributed by atoms with E-state index in [-0.39, 0.29) is 12.4 Å². The van der Waals surface area contributed by atoms with E-state index in [1.807, 2.05) is 53.6 Å². The van der Waals surface area contributed by atoms with Crippen LogP contribution in [0.25, 0.3) is 10.1 Å². The molecule has 186 valence electrons. The van der Waals surface area contributed by atoms with Gasteiger partial charge in [-0.2, -0.15) is 0 Å². The zero-order chi connectivity index (χ0) is 25.0. The highest BCUT2D eigenvalue weighted by molar-refractivity contribution is 7.17. The van der Waals surface area contributed by atoms with Crippen LogP contribution in [0.4, 0.5) is 4.79 Å². The first-order valence-corrected chi connectivity index (χ1v) is 12.8. The van der Waals surface area contributed by atoms with Crippen molar-refractivity contribution >= 4 is 45.1 Å². The van der Waals surface area contributed by atoms with Crippen molar-refractivity contribution in [1.29, 1.82) is 0 Å². The van der Waals surface area contributed by atoms with Gasteiger partial charge in [0.25, 0.3) is 0 Å². The average Bonchev–Trinajstić information content (AvgIpc) is 3.25. The molecule has 9 heteroatoms. The van der Waals surface area contributed by atoms with Crippen molar-refractivity contribution in [2.45, 2.75) is 44.5 Å². The quantitative estimate of drug-likeness (QED) is 0.307. The number of aliphatic hydroxyl groups excluding tert-OH is 1. The average molecular weight is 517 g/mol. The number of methoxy groups -OCH3 is 1. The van der Waals surface area contributed by atoms with Crippen LogP contribution in [0.15, 0.2) is 53.9 Å². The molecule has 2 heterocycles. The van der Waals surface area contributed by atoms with E-state index in [0.717, 1.165) is 15.6 Å². The van der Waals surface area contributed by atoms with Crippen LogP contribution < -0.4 is 4.74 Å². The van der Waals surface area contributed by atoms with Gasteiger partial charge >= 0.3 is 12.1 Å². The molecule has 1 N–H and O–H groups in total. The highest BCUT2D eigenvalue weighted by Crippen LogP contribution is 2.38. The number of carbonyl (C=O) groups is 2. The summed E-state index contributed by atoms with van der Waals surface area (Å²) < 4.78 is 11.5. The lowest BCUT2D eigenvalue weighted by atomic mass is 9.84. The van der Waals surface area contributed by atoms with Gasteiger partial charge in [-0.05, 0) is 49.6 Å². The number of benzene rings is 2. The predicted molar refractivity (Wildman–Crippen MR) is 137 cm³/mol. The number of halogens is 1. The largest absolute Gasteiger partial charge is 0.469 e. The van der Waals surface area contributed by atoms with Crippen molar-refractivity contribution in [3.05, 3.63) is 64.5 Å². The van der Waals surface area contributed by atoms with Crippen LogP contribution in [0, 0.1) is 0 Å². The molecule has 1 aromatic heterocycles. The molecule has 0 aliphatic carbocycles. The van der Waals surface area contributed by atoms with Crippen LogP contribution in [0.2, 0.25) is 5.02 Å². The molecule has 2 atom stereocenters. The third-order valence-electron chi connectivity index (χ3n) is 6.58. The highest BCUT2D eigenvalue weighted by Gasteiger charge is 2.51. The van der Waals surface area contributed by atoms with E-state index in [1.54, 1.807) is 17.0 Å². The number of thiophene rings is 1. The summed E-state index contributed by atoms with van der Waals surface area (Å²) in [6.45, 7) is 3.24. The molecule has 3 aromatic rings. The molecule has 1 fully saturated rings. The smallest absolute Gasteiger partial charge is 0.415 e. The molecule has 2 aromatic carbocycles. The number of aliphatic hydroxyl groups is 1. The molecule has 0 spiro atoms. The van der Waals surface area contributed by atoms with Crippen LogP contribution in [0.5, 0.6) is 5.75 Å². The summed E-state index contributed by atoms with van der Waals surface area (Å²) in [4.78, 5) is 28.2. The van der Waals surface area contributed by atoms with Gasteiger partial charge < -0.3 is 14.6 Å². The molecule has 7 nitrogen and oxygen atoms in total. The van der Waals surface area contributed by atoms with Crippen LogP contribution in [0.1, 0.15) is 31.7 Å². The van der Waals surface area contributed by atoms with Crippen LogP contribution in [0.3, 0.4) is 0 Å². The Bertz CT molecular complexity index is 1180. The monoisotopic (exact) mass is 516 g/mol. The summed E-state index contributed by atoms with van der Waals surface area (Å²) in [6.07, 6.45) is -0.0622. The van der Waals surface area contributed by atoms with Gasteiger partial charge in [0.2, 0.25) is 0 Å². The summed E-state index contributed by atoms with van der Waals surface area (Å²) in [5, 5.41) is 14.8. The van der Waals surface area contributed by atoms with Crippen LogP contribution >= 0.6 is 22.9 Å². The molecule has 35 heavy (non-hydrogen) atoms. The number of ether oxygens (including phenoxy) is 2. The first kappa shape index (κ1) is 25.4. The Morgan fingerprint density at radius 1 is 1.23 bits per heavy atom. The summed E-state index contributed by atoms with van der Waals surface area (Å²) in [5.41, 5.74) is 0.133. The number of amides is 1. The molecule has 0 bridgehead atoms. The van der Waals surface area contributed by atoms with Crippen LogP contribution in [-0.4, -0.2) is 58.9 Å². The minimum Gasteiger partial charge on any atom is -0.469 e. The Hall–Kier alpha value is -2.65. The lowest BCUT2D eigenvalue weighted by Crippen LogP contribution is -2.70. The lowest BCUT2D eigenvalue weighted by Gasteiger charge is -2.54. The van der Waals surface area contributed by atoms with E-state index in [9.17, 15) is 14.7 Å². The number of fused-ring (bicyclic) bond motifs is 1. The van der Waals surface area contributed by atoms with Gasteiger partial charge in [-0.3, -0.25) is 14.6 Å². The van der Waals surface area contributed by atoms with Gasteiger partial charge in [-0.25, -0.2) is 4.79 Å². The molecule has 4 rings (SSSR count). The van der Waals surface area contributed by atoms with Crippen molar-refractivity contribution in [2.75, 3.05) is 20.2 Å². The number of hydrogen-bond acceptors (Lipinski definition) is 7. The topological polar surface area (TPSA) is 79.3 Å². The van der Waals surface area contributed by atoms with Crippen molar-refractivity contribution in [3.8, 4) is 5.75 Å². The molecular weight excluding hydrogens is 488 g/mol. The van der Waals surface area contributed by atoms with E-state index in [2.05, 4.69) is 0 Å². The maximum absolute atomic E-state index is 13.1. The van der Waals surface area contributed by atoms with Gasteiger partial charge in [0.15, 0.2) is 5.75 Å². The minimum atomic E-state index is -0.962. The number of likely N-dealkylation sites (tertiary alicyclic amines) is 1. The van der Waals surface area contributed by atoms with Gasteiger partial charge in [0.1, 0.15) is 6.23 Å². The second-order valence-corrected chi connectivity index (χ2v) is 10.2. The van der Waals surface area contributed by atoms with Crippen molar-refractivity contribution < 1.29 is 24.2 Å². The van der Waals surface area contributed by atoms with Gasteiger partial charge in [0, 0.05) is 46.5 Å². The maximum Gasteiger partial charge on any atom is 0.415 e. The fraction of sp³-hybridized carbons (Fsp3) is 0.385. The van der Waals surface area contributed by atoms with E-state index >= 15 is 0 Å². The second-order valence-electron chi connectivity index (χ2n) is 8.87. The van der Waals surface area contributed by atoms with Crippen molar-refractivity contribution in [2.24, 2.45) is 0 Å². The number of esters is 1. The second kappa shape index (κ2) is 11.0. The fourth-order valence-corrected chi connectivity index (χ4v) is 5.35. The number of nitrogens with zero attached hydrogens (tertiary/aromatic N) is 2. The number of carbonyl (C=O) groups excluding carboxylic acids is 2. The van der Waals surface area contributed by atoms with E-state index in [1.165, 1.54) is 18.4 Å². The molecular formula is C26H29ClN2O5S. The molecule has 0 radical (unpaired) electrons. The third kappa shape index (κ3) is 5.62. The number of rotatable bonds is 9. The molecule has 1 aliphatic heterocycles. The SMILES string of the molecule is COC(=O)CCCN(Cc1ccc(Cl)cc1)C(O)C1(C)CCN1C(=O)Oc1csc2ccccc12. The van der Waals surface area contributed by atoms with Crippen LogP contribution in [-0.2, 0) is 16.1 Å². The predicted octanol–water partition coefficient (Wildman–Crippen LogP) is 5.29. The Morgan fingerprint density at radius 2 is 1.97 bits per heavy atom. The third-order valence-corrected chi connectivity index (χ3v) is 7.77. The fourth-order valence-electron chi connectivity index (χ4n) is 4.36. The standard InChI is InChI=1S/C26H29ClN2O5S/c1-26(13-15-29(26)25(32)34-21-17-35-22-7-4-3-6-20(21)22)24(31)28(14-5-8-23(30)33-2)16-18-9-11-19(27)12-10-18/h3-4,6-7,9-12,17,24,31H,5,8,13-16H2,1-2H3. The highest BCUT2D eigenvalue weighted by atomic mass is 35.5. The summed E-state index contributed by atoms with van der Waals surface area (Å²) in [6, 6.07) is 15.2. The zero-order valence-corrected chi connectivity index (χ0v) is 21.3. The minimum absolute atomic E-state index is 0.244. The summed E-state index contributed by atoms with van der Waals surface area (Å²) in [7, 11) is 1.36. The number of hydrogen-bond donors (Lipinski definition) is 1. The summed E-state index contributed by atoms with van der Waals surface area (Å²) >= 11 is 7.55. The zero-order valence-electron chi connectivity index (χ0n) is 19.8. The molecule has 2 unspecified atom stereocenters. The lowest BCUT2D eigenvalue weighted by molar-refractivity contribution is -0.147. The Morgan fingerprint density at radius 3 is 2.66 bits per heavy atom. The van der Waals surface area contributed by atoms with Gasteiger partial charge in [-0.15, -0.1) is 11.3 Å². The molecule has 1 aliphatic rings. The van der Waals surface area contributed by atoms with Crippen molar-refractivity contribution in [1.82, 2.24) is 9.80 Å². The normalized spacial score (nSPS) is 18.4. The van der Waals surface area contributed by atoms with Gasteiger partial charge in [-0.1, -0.05) is 35.9 Å². The van der Waals surface area contributed by atoms with E-state index in [4.69, 9.17) is 21.1 Å². The van der Waals surface area contributed by atoms with Crippen molar-refractivity contribution in [3.63, 3.8) is 0 Å². The molecule has 1 saturated heterocycles. The first-order valence-electron chi connectivity index (χ1n) is 11.5. The Kier molecular flexibility index (Phi) is 7.96. The molecule has 1 amide bonds. The van der Waals surface area contributed by atoms with E-state index in [0.29, 0.717) is 43.2 Å².